The van der Waals surface area contributed by atoms with E-state index in [9.17, 15) is 9.59 Å². The Morgan fingerprint density at radius 3 is 2.61 bits per heavy atom. The van der Waals surface area contributed by atoms with Crippen molar-refractivity contribution < 1.29 is 19.1 Å². The molecule has 2 aliphatic carbocycles. The van der Waals surface area contributed by atoms with Crippen LogP contribution in [-0.4, -0.2) is 30.2 Å². The highest BCUT2D eigenvalue weighted by atomic mass is 16.6. The SMILES string of the molecule is COC(=O)COc1cccc2c1c1c(n2Cc2ccccc2C2CCCC2)CCC1C(N)=O. The van der Waals surface area contributed by atoms with Crippen LogP contribution in [0.3, 0.4) is 0 Å². The second-order valence-electron chi connectivity index (χ2n) is 9.14. The van der Waals surface area contributed by atoms with E-state index in [1.807, 2.05) is 12.1 Å². The minimum atomic E-state index is -0.444. The van der Waals surface area contributed by atoms with Crippen LogP contribution in [0.1, 0.15) is 66.3 Å². The summed E-state index contributed by atoms with van der Waals surface area (Å²) in [6, 6.07) is 14.6. The number of primary amides is 1. The molecule has 0 radical (unpaired) electrons. The van der Waals surface area contributed by atoms with Gasteiger partial charge >= 0.3 is 5.97 Å². The van der Waals surface area contributed by atoms with E-state index in [0.29, 0.717) is 18.1 Å². The maximum Gasteiger partial charge on any atom is 0.343 e. The van der Waals surface area contributed by atoms with Crippen LogP contribution in [0.5, 0.6) is 5.75 Å². The summed E-state index contributed by atoms with van der Waals surface area (Å²) in [6.07, 6.45) is 6.57. The van der Waals surface area contributed by atoms with Gasteiger partial charge in [0.2, 0.25) is 5.91 Å². The van der Waals surface area contributed by atoms with Crippen molar-refractivity contribution >= 4 is 22.8 Å². The summed E-state index contributed by atoms with van der Waals surface area (Å²) in [6.45, 7) is 0.561. The molecular weight excluding hydrogens is 416 g/mol. The third-order valence-electron chi connectivity index (χ3n) is 7.31. The van der Waals surface area contributed by atoms with E-state index in [1.165, 1.54) is 43.9 Å². The molecule has 0 aliphatic heterocycles. The number of nitrogens with zero attached hydrogens (tertiary/aromatic N) is 1. The lowest BCUT2D eigenvalue weighted by atomic mass is 9.93. The van der Waals surface area contributed by atoms with Gasteiger partial charge in [0.1, 0.15) is 5.75 Å². The van der Waals surface area contributed by atoms with Gasteiger partial charge in [-0.05, 0) is 60.4 Å². The second-order valence-corrected chi connectivity index (χ2v) is 9.14. The number of carbonyl (C=O) groups is 2. The lowest BCUT2D eigenvalue weighted by molar-refractivity contribution is -0.142. The predicted molar refractivity (Wildman–Crippen MR) is 126 cm³/mol. The molecule has 1 unspecified atom stereocenters. The number of rotatable bonds is 7. The number of aromatic nitrogens is 1. The van der Waals surface area contributed by atoms with Crippen LogP contribution in [0.25, 0.3) is 10.9 Å². The van der Waals surface area contributed by atoms with E-state index in [4.69, 9.17) is 15.2 Å². The largest absolute Gasteiger partial charge is 0.481 e. The molecule has 6 nitrogen and oxygen atoms in total. The van der Waals surface area contributed by atoms with Crippen molar-refractivity contribution in [3.8, 4) is 5.75 Å². The van der Waals surface area contributed by atoms with E-state index in [-0.39, 0.29) is 18.4 Å². The summed E-state index contributed by atoms with van der Waals surface area (Å²) in [4.78, 5) is 24.0. The molecule has 2 aromatic carbocycles. The lowest BCUT2D eigenvalue weighted by Crippen LogP contribution is -2.19. The number of amides is 1. The monoisotopic (exact) mass is 446 g/mol. The van der Waals surface area contributed by atoms with Gasteiger partial charge in [0.25, 0.3) is 0 Å². The minimum absolute atomic E-state index is 0.179. The van der Waals surface area contributed by atoms with E-state index >= 15 is 0 Å². The van der Waals surface area contributed by atoms with Crippen molar-refractivity contribution in [2.45, 2.75) is 56.9 Å². The molecule has 5 rings (SSSR count). The van der Waals surface area contributed by atoms with Crippen LogP contribution in [0.2, 0.25) is 0 Å². The third kappa shape index (κ3) is 3.88. The molecule has 1 atom stereocenters. The summed E-state index contributed by atoms with van der Waals surface area (Å²) in [7, 11) is 1.34. The maximum atomic E-state index is 12.3. The number of ether oxygens (including phenoxy) is 2. The van der Waals surface area contributed by atoms with Crippen LogP contribution in [0.15, 0.2) is 42.5 Å². The highest BCUT2D eigenvalue weighted by Gasteiger charge is 2.35. The fourth-order valence-electron chi connectivity index (χ4n) is 5.79. The van der Waals surface area contributed by atoms with Crippen molar-refractivity contribution in [1.82, 2.24) is 4.57 Å². The summed E-state index contributed by atoms with van der Waals surface area (Å²) in [5.41, 5.74) is 11.7. The zero-order chi connectivity index (χ0) is 22.9. The summed E-state index contributed by atoms with van der Waals surface area (Å²) in [5.74, 6) is 0.0946. The summed E-state index contributed by atoms with van der Waals surface area (Å²) < 4.78 is 12.9. The number of esters is 1. The maximum absolute atomic E-state index is 12.3. The van der Waals surface area contributed by atoms with Crippen LogP contribution in [0.4, 0.5) is 0 Å². The molecule has 0 saturated heterocycles. The molecule has 1 amide bonds. The molecule has 1 fully saturated rings. The Labute approximate surface area is 193 Å². The highest BCUT2D eigenvalue weighted by molar-refractivity contribution is 5.97. The number of carbonyl (C=O) groups excluding carboxylic acids is 2. The molecule has 1 heterocycles. The molecule has 172 valence electrons. The van der Waals surface area contributed by atoms with Gasteiger partial charge in [-0.1, -0.05) is 43.2 Å². The van der Waals surface area contributed by atoms with Crippen molar-refractivity contribution in [3.63, 3.8) is 0 Å². The quantitative estimate of drug-likeness (QED) is 0.545. The number of hydrogen-bond acceptors (Lipinski definition) is 4. The molecule has 1 saturated carbocycles. The summed E-state index contributed by atoms with van der Waals surface area (Å²) in [5, 5.41) is 0.885. The fourth-order valence-corrected chi connectivity index (χ4v) is 5.79. The first kappa shape index (κ1) is 21.6. The average molecular weight is 447 g/mol. The van der Waals surface area contributed by atoms with Gasteiger partial charge in [0.05, 0.1) is 18.5 Å². The topological polar surface area (TPSA) is 83.6 Å². The molecule has 3 aromatic rings. The van der Waals surface area contributed by atoms with Gasteiger partial charge in [-0.2, -0.15) is 0 Å². The number of nitrogens with two attached hydrogens (primary N) is 1. The zero-order valence-corrected chi connectivity index (χ0v) is 19.0. The van der Waals surface area contributed by atoms with E-state index < -0.39 is 5.97 Å². The summed E-state index contributed by atoms with van der Waals surface area (Å²) >= 11 is 0. The first-order valence-corrected chi connectivity index (χ1v) is 11.8. The smallest absolute Gasteiger partial charge is 0.343 e. The molecule has 6 heteroatoms. The van der Waals surface area contributed by atoms with Crippen LogP contribution >= 0.6 is 0 Å². The van der Waals surface area contributed by atoms with Gasteiger partial charge in [-0.3, -0.25) is 4.79 Å². The van der Waals surface area contributed by atoms with Gasteiger partial charge in [-0.15, -0.1) is 0 Å². The Morgan fingerprint density at radius 2 is 1.85 bits per heavy atom. The Morgan fingerprint density at radius 1 is 1.06 bits per heavy atom. The van der Waals surface area contributed by atoms with Crippen molar-refractivity contribution in [3.05, 3.63) is 64.8 Å². The Bertz CT molecular complexity index is 1210. The van der Waals surface area contributed by atoms with Gasteiger partial charge < -0.3 is 19.8 Å². The first-order chi connectivity index (χ1) is 16.1. The average Bonchev–Trinajstić information content (AvgIpc) is 3.56. The van der Waals surface area contributed by atoms with E-state index in [0.717, 1.165) is 35.1 Å². The standard InChI is InChI=1S/C27H30N2O4/c1-32-24(30)16-33-23-12-6-11-21-26(23)25-20(27(28)31)13-14-22(25)29(21)15-18-9-4-5-10-19(18)17-7-2-3-8-17/h4-6,9-12,17,20H,2-3,7-8,13-16H2,1H3,(H2,28,31). The Hall–Kier alpha value is -3.28. The number of benzene rings is 2. The minimum Gasteiger partial charge on any atom is -0.481 e. The van der Waals surface area contributed by atoms with Gasteiger partial charge in [0, 0.05) is 17.6 Å². The van der Waals surface area contributed by atoms with Gasteiger partial charge in [-0.25, -0.2) is 4.79 Å². The fraction of sp³-hybridized carbons (Fsp3) is 0.407. The molecule has 2 N–H and O–H groups in total. The van der Waals surface area contributed by atoms with Crippen LogP contribution in [0, 0.1) is 0 Å². The van der Waals surface area contributed by atoms with Crippen LogP contribution < -0.4 is 10.5 Å². The van der Waals surface area contributed by atoms with Crippen LogP contribution in [-0.2, 0) is 27.3 Å². The Balaban J connectivity index is 1.62. The third-order valence-corrected chi connectivity index (χ3v) is 7.31. The number of hydrogen-bond donors (Lipinski definition) is 1. The lowest BCUT2D eigenvalue weighted by Gasteiger charge is -2.18. The van der Waals surface area contributed by atoms with Crippen molar-refractivity contribution in [1.29, 1.82) is 0 Å². The molecule has 0 bridgehead atoms. The van der Waals surface area contributed by atoms with E-state index in [1.54, 1.807) is 0 Å². The number of fused-ring (bicyclic) bond motifs is 3. The molecule has 2 aliphatic rings. The normalized spacial score (nSPS) is 17.9. The van der Waals surface area contributed by atoms with Gasteiger partial charge in [0.15, 0.2) is 6.61 Å². The molecule has 0 spiro atoms. The number of methoxy groups -OCH3 is 1. The van der Waals surface area contributed by atoms with Crippen molar-refractivity contribution in [2.24, 2.45) is 5.73 Å². The zero-order valence-electron chi connectivity index (χ0n) is 19.0. The highest BCUT2D eigenvalue weighted by Crippen LogP contribution is 2.45. The predicted octanol–water partition coefficient (Wildman–Crippen LogP) is 4.41. The first-order valence-electron chi connectivity index (χ1n) is 11.8. The second kappa shape index (κ2) is 8.93. The molecule has 33 heavy (non-hydrogen) atoms. The Kier molecular flexibility index (Phi) is 5.83. The van der Waals surface area contributed by atoms with E-state index in [2.05, 4.69) is 34.9 Å². The molecular formula is C27H30N2O4. The van der Waals surface area contributed by atoms with Crippen molar-refractivity contribution in [2.75, 3.05) is 13.7 Å². The molecule has 1 aromatic heterocycles.